The molecule has 1 aliphatic heterocycles. The van der Waals surface area contributed by atoms with Gasteiger partial charge in [0.15, 0.2) is 0 Å². The zero-order chi connectivity index (χ0) is 26.7. The average molecular weight is 531 g/mol. The predicted molar refractivity (Wildman–Crippen MR) is 144 cm³/mol. The Morgan fingerprint density at radius 1 is 1.00 bits per heavy atom. The second kappa shape index (κ2) is 8.88. The van der Waals surface area contributed by atoms with Crippen LogP contribution >= 0.6 is 0 Å². The van der Waals surface area contributed by atoms with Crippen LogP contribution in [0.3, 0.4) is 0 Å². The summed E-state index contributed by atoms with van der Waals surface area (Å²) in [6.45, 7) is 4.86. The predicted octanol–water partition coefficient (Wildman–Crippen LogP) is 3.08. The molecule has 2 aromatic carbocycles. The van der Waals surface area contributed by atoms with Crippen molar-refractivity contribution < 1.29 is 8.42 Å². The first-order valence-electron chi connectivity index (χ1n) is 12.6. The Labute approximate surface area is 221 Å². The summed E-state index contributed by atoms with van der Waals surface area (Å²) < 4.78 is 32.3. The molecular formula is C27H30N8O2S. The van der Waals surface area contributed by atoms with Gasteiger partial charge in [-0.2, -0.15) is 24.4 Å². The summed E-state index contributed by atoms with van der Waals surface area (Å²) in [6.07, 6.45) is 6.59. The van der Waals surface area contributed by atoms with E-state index in [0.717, 1.165) is 39.8 Å². The van der Waals surface area contributed by atoms with Gasteiger partial charge in [-0.15, -0.1) is 5.10 Å². The molecular weight excluding hydrogens is 500 g/mol. The van der Waals surface area contributed by atoms with Gasteiger partial charge in [-0.05, 0) is 55.5 Å². The van der Waals surface area contributed by atoms with Crippen LogP contribution in [0.25, 0.3) is 16.6 Å². The molecule has 0 N–H and O–H groups in total. The van der Waals surface area contributed by atoms with E-state index in [1.165, 1.54) is 16.6 Å². The zero-order valence-corrected chi connectivity index (χ0v) is 22.7. The van der Waals surface area contributed by atoms with Crippen LogP contribution < -0.4 is 0 Å². The van der Waals surface area contributed by atoms with Crippen LogP contribution in [0, 0.1) is 13.8 Å². The van der Waals surface area contributed by atoms with Gasteiger partial charge in [-0.3, -0.25) is 4.68 Å². The normalized spacial score (nSPS) is 18.5. The minimum Gasteiger partial charge on any atom is -0.273 e. The van der Waals surface area contributed by atoms with Crippen LogP contribution in [-0.2, 0) is 36.0 Å². The Balaban J connectivity index is 1.45. The number of nitrogens with zero attached hydrogens (tertiary/aromatic N) is 8. The highest BCUT2D eigenvalue weighted by Gasteiger charge is 2.45. The van der Waals surface area contributed by atoms with Crippen molar-refractivity contribution in [2.45, 2.75) is 37.1 Å². The Hall–Kier alpha value is -3.83. The Morgan fingerprint density at radius 3 is 2.47 bits per heavy atom. The molecule has 11 heteroatoms. The fraction of sp³-hybridized carbons (Fsp3) is 0.333. The minimum absolute atomic E-state index is 0.0178. The van der Waals surface area contributed by atoms with Crippen molar-refractivity contribution in [3.8, 4) is 5.69 Å². The van der Waals surface area contributed by atoms with Gasteiger partial charge >= 0.3 is 0 Å². The van der Waals surface area contributed by atoms with Gasteiger partial charge in [0.05, 0.1) is 29.8 Å². The van der Waals surface area contributed by atoms with E-state index >= 15 is 0 Å². The Bertz CT molecular complexity index is 1750. The molecule has 1 saturated heterocycles. The lowest BCUT2D eigenvalue weighted by Gasteiger charge is -2.32. The summed E-state index contributed by atoms with van der Waals surface area (Å²) in [7, 11) is -0.244. The van der Waals surface area contributed by atoms with Crippen molar-refractivity contribution >= 4 is 20.9 Å². The number of hydrogen-bond donors (Lipinski definition) is 0. The highest BCUT2D eigenvalue weighted by atomic mass is 32.2. The van der Waals surface area contributed by atoms with E-state index in [1.54, 1.807) is 16.0 Å². The average Bonchev–Trinajstić information content (AvgIpc) is 3.66. The molecule has 3 aromatic heterocycles. The maximum atomic E-state index is 13.5. The lowest BCUT2D eigenvalue weighted by atomic mass is 9.73. The molecule has 1 unspecified atom stereocenters. The molecule has 4 heterocycles. The molecule has 0 aliphatic carbocycles. The lowest BCUT2D eigenvalue weighted by molar-refractivity contribution is 0.412. The van der Waals surface area contributed by atoms with Crippen molar-refractivity contribution in [1.29, 1.82) is 0 Å². The number of fused-ring (bicyclic) bond motifs is 1. The van der Waals surface area contributed by atoms with Crippen LogP contribution in [0.1, 0.15) is 28.8 Å². The Kier molecular flexibility index (Phi) is 5.73. The van der Waals surface area contributed by atoms with E-state index in [0.29, 0.717) is 19.5 Å². The minimum atomic E-state index is -3.77. The van der Waals surface area contributed by atoms with Crippen molar-refractivity contribution in [2.24, 2.45) is 14.1 Å². The summed E-state index contributed by atoms with van der Waals surface area (Å²) >= 11 is 0. The molecule has 0 radical (unpaired) electrons. The third kappa shape index (κ3) is 4.02. The van der Waals surface area contributed by atoms with Crippen LogP contribution in [0.5, 0.6) is 0 Å². The summed E-state index contributed by atoms with van der Waals surface area (Å²) in [5, 5.41) is 18.2. The topological polar surface area (TPSA) is 104 Å². The zero-order valence-electron chi connectivity index (χ0n) is 21.9. The number of sulfonamides is 1. The molecule has 5 aromatic rings. The number of rotatable bonds is 6. The van der Waals surface area contributed by atoms with Gasteiger partial charge in [-0.1, -0.05) is 30.3 Å². The van der Waals surface area contributed by atoms with Crippen molar-refractivity contribution in [1.82, 2.24) is 38.9 Å². The van der Waals surface area contributed by atoms with Crippen molar-refractivity contribution in [2.75, 3.05) is 13.1 Å². The first kappa shape index (κ1) is 24.5. The van der Waals surface area contributed by atoms with E-state index < -0.39 is 15.4 Å². The first-order chi connectivity index (χ1) is 18.2. The third-order valence-electron chi connectivity index (χ3n) is 7.59. The van der Waals surface area contributed by atoms with E-state index in [-0.39, 0.29) is 5.03 Å². The lowest BCUT2D eigenvalue weighted by Crippen LogP contribution is -2.36. The van der Waals surface area contributed by atoms with Crippen LogP contribution in [0.4, 0.5) is 0 Å². The highest BCUT2D eigenvalue weighted by Crippen LogP contribution is 2.42. The summed E-state index contributed by atoms with van der Waals surface area (Å²) in [5.41, 5.74) is 5.87. The SMILES string of the molecule is Cc1cc2c(cnn2-c2cn(C)nc2C)cc1C1(Cc2ccccc2)CCN(S(=O)(=O)c2cnn(C)n2)C1. The molecule has 1 fully saturated rings. The monoisotopic (exact) mass is 530 g/mol. The van der Waals surface area contributed by atoms with Gasteiger partial charge in [0, 0.05) is 38.0 Å². The molecule has 196 valence electrons. The number of aryl methyl sites for hydroxylation is 4. The standard InChI is InChI=1S/C27H30N8O2S/c1-19-12-24-22(15-29-35(24)25-17-32(3)30-20(25)2)13-23(19)27(14-21-8-6-5-7-9-21)10-11-34(18-27)38(36,37)26-16-28-33(4)31-26/h5-9,12-13,15-17H,10-11,14,18H2,1-4H3. The van der Waals surface area contributed by atoms with Crippen molar-refractivity contribution in [3.05, 3.63) is 83.4 Å². The fourth-order valence-corrected chi connectivity index (χ4v) is 7.21. The third-order valence-corrected chi connectivity index (χ3v) is 9.30. The quantitative estimate of drug-likeness (QED) is 0.334. The molecule has 0 bridgehead atoms. The summed E-state index contributed by atoms with van der Waals surface area (Å²) in [4.78, 5) is 1.28. The largest absolute Gasteiger partial charge is 0.273 e. The molecule has 0 spiro atoms. The summed E-state index contributed by atoms with van der Waals surface area (Å²) in [6, 6.07) is 14.6. The number of benzene rings is 2. The molecule has 6 rings (SSSR count). The maximum absolute atomic E-state index is 13.5. The first-order valence-corrected chi connectivity index (χ1v) is 14.0. The van der Waals surface area contributed by atoms with Crippen LogP contribution in [0.2, 0.25) is 0 Å². The van der Waals surface area contributed by atoms with E-state index in [9.17, 15) is 8.42 Å². The van der Waals surface area contributed by atoms with Gasteiger partial charge in [-0.25, -0.2) is 13.1 Å². The van der Waals surface area contributed by atoms with E-state index in [4.69, 9.17) is 5.10 Å². The molecule has 10 nitrogen and oxygen atoms in total. The van der Waals surface area contributed by atoms with Crippen molar-refractivity contribution in [3.63, 3.8) is 0 Å². The van der Waals surface area contributed by atoms with Gasteiger partial charge in [0.2, 0.25) is 5.03 Å². The number of hydrogen-bond acceptors (Lipinski definition) is 6. The van der Waals surface area contributed by atoms with E-state index in [1.807, 2.05) is 49.2 Å². The molecule has 38 heavy (non-hydrogen) atoms. The van der Waals surface area contributed by atoms with Gasteiger partial charge in [0.25, 0.3) is 10.0 Å². The molecule has 0 amide bonds. The van der Waals surface area contributed by atoms with E-state index in [2.05, 4.69) is 46.5 Å². The summed E-state index contributed by atoms with van der Waals surface area (Å²) in [5.74, 6) is 0. The van der Waals surface area contributed by atoms with Crippen LogP contribution in [0.15, 0.2) is 66.1 Å². The van der Waals surface area contributed by atoms with Crippen LogP contribution in [-0.4, -0.2) is 60.4 Å². The molecule has 1 aliphatic rings. The number of aromatic nitrogens is 7. The second-order valence-electron chi connectivity index (χ2n) is 10.3. The second-order valence-corrected chi connectivity index (χ2v) is 12.1. The molecule has 1 atom stereocenters. The Morgan fingerprint density at radius 2 is 1.79 bits per heavy atom. The van der Waals surface area contributed by atoms with Gasteiger partial charge < -0.3 is 0 Å². The van der Waals surface area contributed by atoms with Gasteiger partial charge in [0.1, 0.15) is 5.69 Å². The highest BCUT2D eigenvalue weighted by molar-refractivity contribution is 7.89. The maximum Gasteiger partial charge on any atom is 0.264 e. The fourth-order valence-electron chi connectivity index (χ4n) is 5.80. The molecule has 0 saturated carbocycles. The smallest absolute Gasteiger partial charge is 0.264 e.